The molecule has 3 heterocycles. The summed E-state index contributed by atoms with van der Waals surface area (Å²) in [6.45, 7) is 8.56. The van der Waals surface area contributed by atoms with Crippen LogP contribution in [0.4, 0.5) is 9.93 Å². The zero-order chi connectivity index (χ0) is 29.2. The maximum Gasteiger partial charge on any atom is 0.413 e. The predicted octanol–water partition coefficient (Wildman–Crippen LogP) is 0.722. The molecule has 3 amide bonds. The zero-order valence-electron chi connectivity index (χ0n) is 21.8. The molecular weight excluding hydrogens is 548 g/mol. The van der Waals surface area contributed by atoms with Crippen LogP contribution >= 0.6 is 11.3 Å². The molecule has 0 aromatic carbocycles. The number of oxime groups is 1. The molecule has 1 saturated heterocycles. The second-order valence-electron chi connectivity index (χ2n) is 8.05. The Morgan fingerprint density at radius 3 is 2.58 bits per heavy atom. The molecule has 0 spiro atoms. The van der Waals surface area contributed by atoms with E-state index in [0.29, 0.717) is 6.42 Å². The highest BCUT2D eigenvalue weighted by Gasteiger charge is 2.50. The Morgan fingerprint density at radius 2 is 1.90 bits per heavy atom. The molecule has 0 saturated carbocycles. The van der Waals surface area contributed by atoms with Crippen molar-refractivity contribution in [1.82, 2.24) is 20.3 Å². The summed E-state index contributed by atoms with van der Waals surface area (Å²) in [4.78, 5) is 72.5. The Balaban J connectivity index is 1.77. The van der Waals surface area contributed by atoms with Gasteiger partial charge in [-0.2, -0.15) is 0 Å². The van der Waals surface area contributed by atoms with Gasteiger partial charge >= 0.3 is 18.0 Å². The van der Waals surface area contributed by atoms with E-state index in [9.17, 15) is 24.0 Å². The van der Waals surface area contributed by atoms with Crippen molar-refractivity contribution >= 4 is 52.0 Å². The van der Waals surface area contributed by atoms with E-state index in [1.165, 1.54) is 29.7 Å². The lowest BCUT2D eigenvalue weighted by Gasteiger charge is -2.20. The van der Waals surface area contributed by atoms with Gasteiger partial charge in [0.15, 0.2) is 16.5 Å². The number of hydrogen-bond acceptors (Lipinski definition) is 13. The minimum atomic E-state index is -1.12. The highest BCUT2D eigenvalue weighted by molar-refractivity contribution is 7.14. The summed E-state index contributed by atoms with van der Waals surface area (Å²) < 4.78 is 15.1. The van der Waals surface area contributed by atoms with Crippen LogP contribution in [0.1, 0.15) is 19.0 Å². The molecule has 1 aromatic rings. The van der Waals surface area contributed by atoms with Gasteiger partial charge in [0.05, 0.1) is 18.7 Å². The number of thiazole rings is 1. The van der Waals surface area contributed by atoms with E-state index in [1.54, 1.807) is 0 Å². The number of hydrogen-bond donors (Lipinski definition) is 2. The summed E-state index contributed by atoms with van der Waals surface area (Å²) >= 11 is 1.00. The summed E-state index contributed by atoms with van der Waals surface area (Å²) in [7, 11) is 1.22. The maximum atomic E-state index is 13.3. The topological polar surface area (TPSA) is 178 Å². The number of nitrogens with zero attached hydrogens (tertiary/aromatic N) is 4. The highest BCUT2D eigenvalue weighted by Crippen LogP contribution is 2.31. The minimum absolute atomic E-state index is 0.00337. The van der Waals surface area contributed by atoms with Crippen molar-refractivity contribution in [3.63, 3.8) is 0 Å². The van der Waals surface area contributed by atoms with Crippen LogP contribution in [0.25, 0.3) is 0 Å². The molecule has 3 rings (SSSR count). The number of hydrazine groups is 1. The van der Waals surface area contributed by atoms with Crippen molar-refractivity contribution in [3.8, 4) is 0 Å². The number of esters is 2. The Labute approximate surface area is 233 Å². The summed E-state index contributed by atoms with van der Waals surface area (Å²) in [5, 5.41) is 12.7. The van der Waals surface area contributed by atoms with Crippen molar-refractivity contribution in [2.75, 3.05) is 45.3 Å². The van der Waals surface area contributed by atoms with Gasteiger partial charge in [-0.15, -0.1) is 11.3 Å². The first-order valence-electron chi connectivity index (χ1n) is 11.9. The van der Waals surface area contributed by atoms with Gasteiger partial charge in [-0.05, 0) is 6.42 Å². The number of anilines is 1. The molecule has 16 heteroatoms. The third kappa shape index (κ3) is 6.89. The number of aromatic nitrogens is 1. The van der Waals surface area contributed by atoms with Crippen molar-refractivity contribution in [1.29, 1.82) is 0 Å². The third-order valence-corrected chi connectivity index (χ3v) is 5.98. The fraction of sp³-hybridized carbons (Fsp3) is 0.375. The molecule has 0 unspecified atom stereocenters. The second-order valence-corrected chi connectivity index (χ2v) is 8.90. The minimum Gasteiger partial charge on any atom is -0.462 e. The van der Waals surface area contributed by atoms with Gasteiger partial charge in [-0.3, -0.25) is 14.9 Å². The van der Waals surface area contributed by atoms with Crippen LogP contribution in [0.3, 0.4) is 0 Å². The molecular formula is C24H28N6O9S. The van der Waals surface area contributed by atoms with Crippen LogP contribution in [0.5, 0.6) is 0 Å². The van der Waals surface area contributed by atoms with Gasteiger partial charge in [0.1, 0.15) is 32.1 Å². The predicted molar refractivity (Wildman–Crippen MR) is 141 cm³/mol. The van der Waals surface area contributed by atoms with E-state index in [4.69, 9.17) is 19.0 Å². The van der Waals surface area contributed by atoms with E-state index in [2.05, 4.69) is 33.9 Å². The average Bonchev–Trinajstić information content (AvgIpc) is 3.63. The van der Waals surface area contributed by atoms with E-state index in [1.807, 2.05) is 6.92 Å². The smallest absolute Gasteiger partial charge is 0.413 e. The first-order chi connectivity index (χ1) is 19.2. The largest absolute Gasteiger partial charge is 0.462 e. The monoisotopic (exact) mass is 576 g/mol. The van der Waals surface area contributed by atoms with Gasteiger partial charge in [0.2, 0.25) is 0 Å². The molecule has 2 aliphatic rings. The fourth-order valence-corrected chi connectivity index (χ4v) is 4.29. The molecule has 1 aromatic heterocycles. The first kappa shape index (κ1) is 30.0. The Morgan fingerprint density at radius 1 is 1.18 bits per heavy atom. The molecule has 2 N–H and O–H groups in total. The number of ether oxygens (including phenoxy) is 3. The van der Waals surface area contributed by atoms with Crippen LogP contribution in [0.15, 0.2) is 47.1 Å². The van der Waals surface area contributed by atoms with Crippen molar-refractivity contribution < 1.29 is 43.0 Å². The van der Waals surface area contributed by atoms with E-state index in [-0.39, 0.29) is 60.7 Å². The summed E-state index contributed by atoms with van der Waals surface area (Å²) in [6, 6.07) is -1.12. The summed E-state index contributed by atoms with van der Waals surface area (Å²) in [5.74, 6) is -3.15. The number of amides is 3. The Bertz CT molecular complexity index is 1260. The van der Waals surface area contributed by atoms with E-state index in [0.717, 1.165) is 16.3 Å². The summed E-state index contributed by atoms with van der Waals surface area (Å²) in [6.07, 6.45) is 2.54. The number of rotatable bonds is 13. The van der Waals surface area contributed by atoms with Crippen molar-refractivity contribution in [2.24, 2.45) is 5.16 Å². The average molecular weight is 577 g/mol. The number of fused-ring (bicyclic) bond motifs is 1. The van der Waals surface area contributed by atoms with Gasteiger partial charge in [0, 0.05) is 11.9 Å². The molecule has 1 atom stereocenters. The Kier molecular flexibility index (Phi) is 10.5. The highest BCUT2D eigenvalue weighted by atomic mass is 32.1. The molecule has 1 fully saturated rings. The van der Waals surface area contributed by atoms with E-state index >= 15 is 0 Å². The molecule has 214 valence electrons. The summed E-state index contributed by atoms with van der Waals surface area (Å²) in [5.41, 5.74) is -0.527. The van der Waals surface area contributed by atoms with Crippen molar-refractivity contribution in [3.05, 3.63) is 47.7 Å². The molecule has 0 bridgehead atoms. The normalized spacial score (nSPS) is 16.8. The lowest BCUT2D eigenvalue weighted by molar-refractivity contribution is -0.147. The van der Waals surface area contributed by atoms with Gasteiger partial charge in [0.25, 0.3) is 11.8 Å². The van der Waals surface area contributed by atoms with Crippen LogP contribution < -0.4 is 10.6 Å². The van der Waals surface area contributed by atoms with Crippen LogP contribution in [-0.2, 0) is 38.2 Å². The molecule has 40 heavy (non-hydrogen) atoms. The first-order valence-corrected chi connectivity index (χ1v) is 12.8. The third-order valence-electron chi connectivity index (χ3n) is 5.22. The lowest BCUT2D eigenvalue weighted by atomic mass is 10.1. The van der Waals surface area contributed by atoms with Crippen LogP contribution in [0, 0.1) is 0 Å². The number of carbonyl (C=O) groups excluding carboxylic acids is 5. The SMILES string of the molecule is C=CCOC(=O)Nc1nc(/C(=N/OC)C(=O)N[C@@H]2CN3CC(C(=O)OCCC)=C(C(=O)OCC=C)N3C2=O)cs1. The zero-order valence-corrected chi connectivity index (χ0v) is 22.7. The van der Waals surface area contributed by atoms with Gasteiger partial charge in [-0.25, -0.2) is 29.4 Å². The standard InChI is InChI=1S/C24H28N6O9S/c1-5-8-37-21(33)14-11-29-12-15(20(32)30(29)18(14)22(34)38-9-6-2)25-19(31)17(28-36-4)16-13-40-23(26-16)27-24(35)39-10-7-3/h6-7,13,15H,2-3,5,8-12H2,1,4H3,(H,25,31)(H,26,27,35)/b28-17-/t15-/m1/s1. The molecule has 0 radical (unpaired) electrons. The molecule has 15 nitrogen and oxygen atoms in total. The van der Waals surface area contributed by atoms with Crippen LogP contribution in [-0.4, -0.2) is 96.6 Å². The van der Waals surface area contributed by atoms with Crippen molar-refractivity contribution in [2.45, 2.75) is 19.4 Å². The van der Waals surface area contributed by atoms with Gasteiger partial charge < -0.3 is 24.4 Å². The number of nitrogens with one attached hydrogen (secondary N) is 2. The van der Waals surface area contributed by atoms with E-state index < -0.39 is 35.9 Å². The fourth-order valence-electron chi connectivity index (χ4n) is 3.61. The lowest BCUT2D eigenvalue weighted by Crippen LogP contribution is -2.46. The molecule has 2 aliphatic heterocycles. The quantitative estimate of drug-likeness (QED) is 0.111. The molecule has 0 aliphatic carbocycles. The van der Waals surface area contributed by atoms with Gasteiger partial charge in [-0.1, -0.05) is 37.4 Å². The van der Waals surface area contributed by atoms with Crippen LogP contribution in [0.2, 0.25) is 0 Å². The Hall–Kier alpha value is -4.57. The second kappa shape index (κ2) is 14.0. The maximum absolute atomic E-state index is 13.3. The number of carbonyl (C=O) groups is 5.